The first-order valence-electron chi connectivity index (χ1n) is 5.33. The first kappa shape index (κ1) is 15.4. The number of rotatable bonds is 4. The smallest absolute Gasteiger partial charge is 0.0517 e. The van der Waals surface area contributed by atoms with Gasteiger partial charge in [0.25, 0.3) is 0 Å². The fourth-order valence-electron chi connectivity index (χ4n) is 1.47. The summed E-state index contributed by atoms with van der Waals surface area (Å²) in [6, 6.07) is 0.192. The number of nitrogens with two attached hydrogens (primary N) is 1. The molecule has 0 aliphatic rings. The monoisotopic (exact) mass is 189 g/mol. The quantitative estimate of drug-likeness (QED) is 0.714. The molecule has 0 aromatic heterocycles. The zero-order valence-corrected chi connectivity index (χ0v) is 10.1. The van der Waals surface area contributed by atoms with Gasteiger partial charge in [-0.3, -0.25) is 0 Å². The Morgan fingerprint density at radius 1 is 1.31 bits per heavy atom. The fraction of sp³-hybridized carbons (Fsp3) is 1.00. The van der Waals surface area contributed by atoms with Crippen molar-refractivity contribution in [3.63, 3.8) is 0 Å². The predicted molar refractivity (Wildman–Crippen MR) is 59.7 cm³/mol. The van der Waals surface area contributed by atoms with Crippen molar-refractivity contribution in [2.24, 2.45) is 11.1 Å². The second kappa shape index (κ2) is 7.34. The highest BCUT2D eigenvalue weighted by Crippen LogP contribution is 2.27. The van der Waals surface area contributed by atoms with E-state index in [0.29, 0.717) is 0 Å². The van der Waals surface area contributed by atoms with E-state index in [9.17, 15) is 5.11 Å². The van der Waals surface area contributed by atoms with Gasteiger partial charge in [-0.25, -0.2) is 0 Å². The number of hydrogen-bond donors (Lipinski definition) is 2. The Balaban J connectivity index is 0. The minimum atomic E-state index is -0.248. The Morgan fingerprint density at radius 2 is 1.69 bits per heavy atom. The molecule has 3 N–H and O–H groups in total. The molecule has 0 spiro atoms. The predicted octanol–water partition coefficient (Wildman–Crippen LogP) is 2.55. The molecule has 0 aliphatic heterocycles. The van der Waals surface area contributed by atoms with Crippen molar-refractivity contribution in [3.8, 4) is 0 Å². The van der Waals surface area contributed by atoms with Crippen LogP contribution in [0.4, 0.5) is 0 Å². The summed E-state index contributed by atoms with van der Waals surface area (Å²) in [7, 11) is 0. The van der Waals surface area contributed by atoms with Crippen LogP contribution in [0.5, 0.6) is 0 Å². The molecule has 0 saturated heterocycles. The van der Waals surface area contributed by atoms with Crippen molar-refractivity contribution in [1.29, 1.82) is 0 Å². The highest BCUT2D eigenvalue weighted by atomic mass is 16.3. The van der Waals surface area contributed by atoms with Crippen LogP contribution in [0, 0.1) is 5.41 Å². The van der Waals surface area contributed by atoms with E-state index in [1.807, 2.05) is 20.8 Å². The second-order valence-corrected chi connectivity index (χ2v) is 4.06. The van der Waals surface area contributed by atoms with Crippen molar-refractivity contribution in [1.82, 2.24) is 0 Å². The molecule has 0 amide bonds. The maximum Gasteiger partial charge on any atom is 0.0517 e. The highest BCUT2D eigenvalue weighted by molar-refractivity contribution is 4.81. The van der Waals surface area contributed by atoms with Crippen LogP contribution in [0.2, 0.25) is 0 Å². The van der Waals surface area contributed by atoms with Crippen LogP contribution in [0.15, 0.2) is 0 Å². The minimum absolute atomic E-state index is 0.0584. The van der Waals surface area contributed by atoms with Gasteiger partial charge in [0.15, 0.2) is 0 Å². The lowest BCUT2D eigenvalue weighted by Gasteiger charge is -2.32. The molecule has 0 saturated carbocycles. The average Bonchev–Trinajstić information content (AvgIpc) is 2.04. The topological polar surface area (TPSA) is 46.2 Å². The lowest BCUT2D eigenvalue weighted by molar-refractivity contribution is 0.113. The van der Waals surface area contributed by atoms with Crippen LogP contribution in [0.3, 0.4) is 0 Å². The molecule has 2 heteroatoms. The fourth-order valence-corrected chi connectivity index (χ4v) is 1.47. The molecule has 0 aliphatic carbocycles. The van der Waals surface area contributed by atoms with Crippen molar-refractivity contribution in [3.05, 3.63) is 0 Å². The number of hydrogen-bond acceptors (Lipinski definition) is 2. The first-order valence-corrected chi connectivity index (χ1v) is 5.33. The van der Waals surface area contributed by atoms with E-state index in [1.54, 1.807) is 0 Å². The molecule has 0 aromatic rings. The van der Waals surface area contributed by atoms with E-state index in [1.165, 1.54) is 0 Å². The van der Waals surface area contributed by atoms with Crippen molar-refractivity contribution in [2.75, 3.05) is 0 Å². The molecular weight excluding hydrogens is 162 g/mol. The van der Waals surface area contributed by atoms with Gasteiger partial charge >= 0.3 is 0 Å². The van der Waals surface area contributed by atoms with Crippen LogP contribution in [0.1, 0.15) is 54.4 Å². The average molecular weight is 189 g/mol. The van der Waals surface area contributed by atoms with Crippen LogP contribution in [-0.2, 0) is 0 Å². The SMILES string of the molecule is CC.CCC(N)C(C)(C)CC(C)O. The van der Waals surface area contributed by atoms with E-state index < -0.39 is 0 Å². The first-order chi connectivity index (χ1) is 5.90. The molecule has 2 unspecified atom stereocenters. The zero-order valence-electron chi connectivity index (χ0n) is 10.1. The summed E-state index contributed by atoms with van der Waals surface area (Å²) in [5, 5.41) is 9.18. The molecule has 0 aromatic carbocycles. The van der Waals surface area contributed by atoms with Gasteiger partial charge in [0.2, 0.25) is 0 Å². The Bertz CT molecular complexity index is 111. The lowest BCUT2D eigenvalue weighted by Crippen LogP contribution is -2.38. The highest BCUT2D eigenvalue weighted by Gasteiger charge is 2.26. The van der Waals surface area contributed by atoms with E-state index in [2.05, 4.69) is 20.8 Å². The molecule has 2 nitrogen and oxygen atoms in total. The molecule has 0 bridgehead atoms. The maximum absolute atomic E-state index is 9.18. The van der Waals surface area contributed by atoms with Gasteiger partial charge in [-0.1, -0.05) is 34.6 Å². The number of aliphatic hydroxyl groups is 1. The van der Waals surface area contributed by atoms with Crippen LogP contribution in [0.25, 0.3) is 0 Å². The molecule has 0 radical (unpaired) electrons. The summed E-state index contributed by atoms with van der Waals surface area (Å²) >= 11 is 0. The van der Waals surface area contributed by atoms with E-state index in [4.69, 9.17) is 5.73 Å². The van der Waals surface area contributed by atoms with Gasteiger partial charge in [0.05, 0.1) is 6.10 Å². The van der Waals surface area contributed by atoms with Gasteiger partial charge in [-0.15, -0.1) is 0 Å². The van der Waals surface area contributed by atoms with Gasteiger partial charge in [-0.05, 0) is 25.2 Å². The van der Waals surface area contributed by atoms with Crippen molar-refractivity contribution >= 4 is 0 Å². The third kappa shape index (κ3) is 7.03. The van der Waals surface area contributed by atoms with Crippen LogP contribution >= 0.6 is 0 Å². The Morgan fingerprint density at radius 3 is 1.92 bits per heavy atom. The zero-order chi connectivity index (χ0) is 11.1. The molecule has 0 heterocycles. The standard InChI is InChI=1S/C9H21NO.C2H6/c1-5-8(10)9(3,4)6-7(2)11;1-2/h7-8,11H,5-6,10H2,1-4H3;1-2H3. The van der Waals surface area contributed by atoms with E-state index in [-0.39, 0.29) is 17.6 Å². The van der Waals surface area contributed by atoms with Crippen LogP contribution < -0.4 is 5.73 Å². The number of aliphatic hydroxyl groups excluding tert-OH is 1. The molecule has 82 valence electrons. The third-order valence-corrected chi connectivity index (χ3v) is 2.27. The second-order valence-electron chi connectivity index (χ2n) is 4.06. The summed E-state index contributed by atoms with van der Waals surface area (Å²) in [6.45, 7) is 12.1. The molecule has 0 fully saturated rings. The molecular formula is C11H27NO. The lowest BCUT2D eigenvalue weighted by atomic mass is 9.79. The summed E-state index contributed by atoms with van der Waals surface area (Å²) in [4.78, 5) is 0. The van der Waals surface area contributed by atoms with Gasteiger partial charge in [-0.2, -0.15) is 0 Å². The maximum atomic E-state index is 9.18. The van der Waals surface area contributed by atoms with E-state index >= 15 is 0 Å². The van der Waals surface area contributed by atoms with Gasteiger partial charge < -0.3 is 10.8 Å². The van der Waals surface area contributed by atoms with E-state index in [0.717, 1.165) is 12.8 Å². The molecule has 2 atom stereocenters. The molecule has 0 rings (SSSR count). The van der Waals surface area contributed by atoms with Gasteiger partial charge in [0, 0.05) is 6.04 Å². The molecule has 13 heavy (non-hydrogen) atoms. The normalized spacial score (nSPS) is 15.7. The van der Waals surface area contributed by atoms with Crippen LogP contribution in [-0.4, -0.2) is 17.3 Å². The largest absolute Gasteiger partial charge is 0.393 e. The third-order valence-electron chi connectivity index (χ3n) is 2.27. The summed E-state index contributed by atoms with van der Waals surface area (Å²) in [6.07, 6.45) is 1.50. The Kier molecular flexibility index (Phi) is 8.69. The van der Waals surface area contributed by atoms with Crippen molar-refractivity contribution < 1.29 is 5.11 Å². The van der Waals surface area contributed by atoms with Crippen molar-refractivity contribution in [2.45, 2.75) is 66.5 Å². The minimum Gasteiger partial charge on any atom is -0.393 e. The summed E-state index contributed by atoms with van der Waals surface area (Å²) in [5.74, 6) is 0. The Labute approximate surface area is 83.5 Å². The van der Waals surface area contributed by atoms with Gasteiger partial charge in [0.1, 0.15) is 0 Å². The summed E-state index contributed by atoms with van der Waals surface area (Å²) in [5.41, 5.74) is 5.95. The Hall–Kier alpha value is -0.0800. The summed E-state index contributed by atoms with van der Waals surface area (Å²) < 4.78 is 0.